The number of ether oxygens (including phenoxy) is 2. The standard InChI is InChI=1S/C13H28N4O4/c1-5(14)9-3-2-6(15)13(20-9)21-12-8(17)4-7(16)10(18)11(12)19/h5-13,18-19H,2-4,14-17H2,1H3/t5-,6+,7+,8-,9?,10-,11+,12+,13+/m0/s1. The summed E-state index contributed by atoms with van der Waals surface area (Å²) in [7, 11) is 0. The molecule has 0 bridgehead atoms. The van der Waals surface area contributed by atoms with Crippen LogP contribution in [0.5, 0.6) is 0 Å². The van der Waals surface area contributed by atoms with Gasteiger partial charge in [0.15, 0.2) is 6.29 Å². The van der Waals surface area contributed by atoms with Gasteiger partial charge in [0, 0.05) is 18.1 Å². The third kappa shape index (κ3) is 3.72. The Morgan fingerprint density at radius 2 is 1.71 bits per heavy atom. The molecule has 0 radical (unpaired) electrons. The van der Waals surface area contributed by atoms with Crippen molar-refractivity contribution in [3.63, 3.8) is 0 Å². The first-order chi connectivity index (χ1) is 9.81. The lowest BCUT2D eigenvalue weighted by atomic mass is 9.84. The lowest BCUT2D eigenvalue weighted by Gasteiger charge is -2.44. The van der Waals surface area contributed by atoms with E-state index in [0.29, 0.717) is 6.42 Å². The monoisotopic (exact) mass is 304 g/mol. The Kier molecular flexibility index (Phi) is 5.55. The molecule has 8 nitrogen and oxygen atoms in total. The van der Waals surface area contributed by atoms with Crippen LogP contribution < -0.4 is 22.9 Å². The minimum absolute atomic E-state index is 0.132. The number of nitrogens with two attached hydrogens (primary N) is 4. The Balaban J connectivity index is 2.01. The summed E-state index contributed by atoms with van der Waals surface area (Å²) in [6.07, 6.45) is -1.97. The minimum Gasteiger partial charge on any atom is -0.389 e. The highest BCUT2D eigenvalue weighted by Crippen LogP contribution is 2.27. The van der Waals surface area contributed by atoms with Crippen molar-refractivity contribution in [3.8, 4) is 0 Å². The first kappa shape index (κ1) is 17.0. The van der Waals surface area contributed by atoms with Crippen molar-refractivity contribution in [1.82, 2.24) is 0 Å². The smallest absolute Gasteiger partial charge is 0.173 e. The summed E-state index contributed by atoms with van der Waals surface area (Å²) in [6.45, 7) is 1.86. The predicted octanol–water partition coefficient (Wildman–Crippen LogP) is -2.67. The van der Waals surface area contributed by atoms with Crippen LogP contribution in [-0.4, -0.2) is 65.1 Å². The van der Waals surface area contributed by atoms with Crippen molar-refractivity contribution < 1.29 is 19.7 Å². The molecule has 1 saturated carbocycles. The van der Waals surface area contributed by atoms with E-state index >= 15 is 0 Å². The number of aliphatic hydroxyl groups excluding tert-OH is 2. The molecule has 0 aromatic carbocycles. The lowest BCUT2D eigenvalue weighted by molar-refractivity contribution is -0.255. The molecule has 0 amide bonds. The number of hydrogen-bond acceptors (Lipinski definition) is 8. The second-order valence-electron chi connectivity index (χ2n) is 6.29. The van der Waals surface area contributed by atoms with Gasteiger partial charge in [-0.05, 0) is 26.2 Å². The molecule has 10 N–H and O–H groups in total. The topological polar surface area (TPSA) is 163 Å². The quantitative estimate of drug-likeness (QED) is 0.329. The summed E-state index contributed by atoms with van der Waals surface area (Å²) >= 11 is 0. The SMILES string of the molecule is C[C@H](N)C1CC[C@@H](N)[C@@H](O[C@H]2[C@H](O)[C@@H](O)[C@H](N)C[C@@H]2N)O1. The second kappa shape index (κ2) is 6.84. The van der Waals surface area contributed by atoms with Crippen molar-refractivity contribution in [2.24, 2.45) is 22.9 Å². The minimum atomic E-state index is -1.16. The van der Waals surface area contributed by atoms with Crippen LogP contribution in [0.4, 0.5) is 0 Å². The molecule has 1 aliphatic carbocycles. The van der Waals surface area contributed by atoms with Crippen molar-refractivity contribution in [2.75, 3.05) is 0 Å². The molecule has 2 aliphatic rings. The molecule has 1 saturated heterocycles. The number of aliphatic hydroxyl groups is 2. The fourth-order valence-electron chi connectivity index (χ4n) is 2.98. The number of rotatable bonds is 3. The predicted molar refractivity (Wildman–Crippen MR) is 77.0 cm³/mol. The van der Waals surface area contributed by atoms with Crippen molar-refractivity contribution >= 4 is 0 Å². The van der Waals surface area contributed by atoms with E-state index in [0.717, 1.165) is 12.8 Å². The van der Waals surface area contributed by atoms with Crippen LogP contribution in [0.3, 0.4) is 0 Å². The van der Waals surface area contributed by atoms with Crippen LogP contribution in [0.15, 0.2) is 0 Å². The van der Waals surface area contributed by atoms with Crippen LogP contribution in [0.2, 0.25) is 0 Å². The van der Waals surface area contributed by atoms with Crippen molar-refractivity contribution in [3.05, 3.63) is 0 Å². The van der Waals surface area contributed by atoms with E-state index in [1.54, 1.807) is 0 Å². The molecule has 9 atom stereocenters. The van der Waals surface area contributed by atoms with Crippen LogP contribution in [0.25, 0.3) is 0 Å². The average Bonchev–Trinajstić information content (AvgIpc) is 2.42. The zero-order valence-electron chi connectivity index (χ0n) is 12.3. The summed E-state index contributed by atoms with van der Waals surface area (Å²) < 4.78 is 11.5. The Morgan fingerprint density at radius 3 is 2.33 bits per heavy atom. The Labute approximate surface area is 124 Å². The zero-order valence-corrected chi connectivity index (χ0v) is 12.3. The maximum Gasteiger partial charge on any atom is 0.173 e. The molecule has 1 heterocycles. The maximum atomic E-state index is 10.1. The fraction of sp³-hybridized carbons (Fsp3) is 1.00. The molecular formula is C13H28N4O4. The molecule has 21 heavy (non-hydrogen) atoms. The van der Waals surface area contributed by atoms with Gasteiger partial charge in [0.2, 0.25) is 0 Å². The van der Waals surface area contributed by atoms with Gasteiger partial charge in [-0.1, -0.05) is 0 Å². The van der Waals surface area contributed by atoms with Gasteiger partial charge in [0.1, 0.15) is 12.2 Å². The lowest BCUT2D eigenvalue weighted by Crippen LogP contribution is -2.64. The van der Waals surface area contributed by atoms with E-state index in [1.165, 1.54) is 0 Å². The Bertz CT molecular complexity index is 346. The molecule has 0 aromatic heterocycles. The van der Waals surface area contributed by atoms with Gasteiger partial charge >= 0.3 is 0 Å². The normalized spacial score (nSPS) is 49.9. The second-order valence-corrected chi connectivity index (χ2v) is 6.29. The van der Waals surface area contributed by atoms with Crippen molar-refractivity contribution in [2.45, 2.75) is 81.1 Å². The van der Waals surface area contributed by atoms with Gasteiger partial charge in [-0.3, -0.25) is 0 Å². The van der Waals surface area contributed by atoms with E-state index in [-0.39, 0.29) is 18.2 Å². The molecule has 2 fully saturated rings. The Morgan fingerprint density at radius 1 is 1.05 bits per heavy atom. The first-order valence-electron chi connectivity index (χ1n) is 7.50. The molecule has 8 heteroatoms. The summed E-state index contributed by atoms with van der Waals surface area (Å²) in [5, 5.41) is 20.0. The maximum absolute atomic E-state index is 10.1. The molecule has 124 valence electrons. The van der Waals surface area contributed by atoms with Crippen LogP contribution >= 0.6 is 0 Å². The van der Waals surface area contributed by atoms with Gasteiger partial charge in [-0.25, -0.2) is 0 Å². The summed E-state index contributed by atoms with van der Waals surface area (Å²) in [5.41, 5.74) is 23.6. The van der Waals surface area contributed by atoms with E-state index in [9.17, 15) is 10.2 Å². The van der Waals surface area contributed by atoms with Crippen LogP contribution in [0.1, 0.15) is 26.2 Å². The molecule has 1 unspecified atom stereocenters. The van der Waals surface area contributed by atoms with E-state index < -0.39 is 36.7 Å². The molecular weight excluding hydrogens is 276 g/mol. The highest BCUT2D eigenvalue weighted by molar-refractivity contribution is 4.98. The Hall–Kier alpha value is -0.320. The molecule has 0 aromatic rings. The average molecular weight is 304 g/mol. The van der Waals surface area contributed by atoms with Gasteiger partial charge in [-0.2, -0.15) is 0 Å². The molecule has 1 aliphatic heterocycles. The van der Waals surface area contributed by atoms with E-state index in [1.807, 2.05) is 6.92 Å². The third-order valence-corrected chi connectivity index (χ3v) is 4.41. The van der Waals surface area contributed by atoms with Gasteiger partial charge in [0.05, 0.1) is 18.2 Å². The summed E-state index contributed by atoms with van der Waals surface area (Å²) in [6, 6.07) is -1.49. The van der Waals surface area contributed by atoms with Crippen LogP contribution in [0, 0.1) is 0 Å². The van der Waals surface area contributed by atoms with Gasteiger partial charge < -0.3 is 42.6 Å². The van der Waals surface area contributed by atoms with Gasteiger partial charge in [0.25, 0.3) is 0 Å². The van der Waals surface area contributed by atoms with Crippen molar-refractivity contribution in [1.29, 1.82) is 0 Å². The molecule has 0 spiro atoms. The summed E-state index contributed by atoms with van der Waals surface area (Å²) in [5.74, 6) is 0. The highest BCUT2D eigenvalue weighted by atomic mass is 16.7. The zero-order chi connectivity index (χ0) is 15.7. The van der Waals surface area contributed by atoms with Gasteiger partial charge in [-0.15, -0.1) is 0 Å². The van der Waals surface area contributed by atoms with Crippen LogP contribution in [-0.2, 0) is 9.47 Å². The third-order valence-electron chi connectivity index (χ3n) is 4.41. The first-order valence-corrected chi connectivity index (χ1v) is 7.50. The largest absolute Gasteiger partial charge is 0.389 e. The number of hydrogen-bond donors (Lipinski definition) is 6. The highest BCUT2D eigenvalue weighted by Gasteiger charge is 2.44. The van der Waals surface area contributed by atoms with E-state index in [4.69, 9.17) is 32.4 Å². The molecule has 2 rings (SSSR count). The van der Waals surface area contributed by atoms with E-state index in [2.05, 4.69) is 0 Å². The summed E-state index contributed by atoms with van der Waals surface area (Å²) in [4.78, 5) is 0. The fourth-order valence-corrected chi connectivity index (χ4v) is 2.98.